The maximum absolute atomic E-state index is 4.01. The molecule has 1 heterocycles. The van der Waals surface area contributed by atoms with Gasteiger partial charge in [-0.2, -0.15) is 0 Å². The predicted molar refractivity (Wildman–Crippen MR) is 120 cm³/mol. The van der Waals surface area contributed by atoms with Gasteiger partial charge in [-0.05, 0) is 51.9 Å². The molecule has 4 aromatic rings. The van der Waals surface area contributed by atoms with Crippen LogP contribution in [0.1, 0.15) is 22.3 Å². The Morgan fingerprint density at radius 2 is 1.07 bits per heavy atom. The zero-order valence-electron chi connectivity index (χ0n) is 15.8. The van der Waals surface area contributed by atoms with E-state index in [1.54, 1.807) is 0 Å². The van der Waals surface area contributed by atoms with Crippen LogP contribution in [-0.2, 0) is 12.8 Å². The number of pyridine rings is 1. The highest BCUT2D eigenvalue weighted by Crippen LogP contribution is 2.18. The lowest BCUT2D eigenvalue weighted by molar-refractivity contribution is 1.31. The Morgan fingerprint density at radius 1 is 0.536 bits per heavy atom. The summed E-state index contributed by atoms with van der Waals surface area (Å²) in [5.74, 6) is 0. The Kier molecular flexibility index (Phi) is 5.74. The van der Waals surface area contributed by atoms with Crippen molar-refractivity contribution in [3.63, 3.8) is 0 Å². The van der Waals surface area contributed by atoms with E-state index in [1.807, 2.05) is 30.6 Å². The van der Waals surface area contributed by atoms with Crippen LogP contribution in [0, 0.1) is 0 Å². The number of hydrogen-bond donors (Lipinski definition) is 0. The molecule has 0 spiro atoms. The molecule has 28 heavy (non-hydrogen) atoms. The summed E-state index contributed by atoms with van der Waals surface area (Å²) in [5.41, 5.74) is 5.69. The first-order chi connectivity index (χ1) is 13.9. The van der Waals surface area contributed by atoms with Crippen molar-refractivity contribution in [2.45, 2.75) is 12.8 Å². The third-order valence-electron chi connectivity index (χ3n) is 4.93. The third-order valence-corrected chi connectivity index (χ3v) is 4.93. The number of benzene rings is 3. The maximum Gasteiger partial charge on any atom is 0.0346 e. The highest BCUT2D eigenvalue weighted by Gasteiger charge is 2.01. The summed E-state index contributed by atoms with van der Waals surface area (Å²) < 4.78 is 0. The first kappa shape index (κ1) is 17.9. The molecule has 136 valence electrons. The van der Waals surface area contributed by atoms with Gasteiger partial charge in [-0.25, -0.2) is 0 Å². The van der Waals surface area contributed by atoms with Crippen molar-refractivity contribution in [1.29, 1.82) is 0 Å². The van der Waals surface area contributed by atoms with Gasteiger partial charge in [-0.1, -0.05) is 97.1 Å². The molecule has 6 rings (SSSR count). The largest absolute Gasteiger partial charge is 0.264 e. The lowest BCUT2D eigenvalue weighted by atomic mass is 10.1. The van der Waals surface area contributed by atoms with Crippen LogP contribution in [0.3, 0.4) is 0 Å². The molecule has 0 saturated carbocycles. The van der Waals surface area contributed by atoms with Gasteiger partial charge in [0.25, 0.3) is 0 Å². The second-order valence-corrected chi connectivity index (χ2v) is 6.83. The summed E-state index contributed by atoms with van der Waals surface area (Å²) in [4.78, 5) is 4.01. The van der Waals surface area contributed by atoms with E-state index >= 15 is 0 Å². The van der Waals surface area contributed by atoms with Crippen LogP contribution in [0.4, 0.5) is 0 Å². The molecule has 0 fully saturated rings. The zero-order chi connectivity index (χ0) is 19.0. The van der Waals surface area contributed by atoms with Gasteiger partial charge in [0.05, 0.1) is 0 Å². The molecule has 0 unspecified atom stereocenters. The molecule has 0 radical (unpaired) electrons. The fraction of sp³-hybridized carbons (Fsp3) is 0.0741. The normalized spacial score (nSPS) is 12.4. The molecule has 0 atom stereocenters. The number of allylic oxidation sites excluding steroid dienone is 2. The van der Waals surface area contributed by atoms with Crippen LogP contribution < -0.4 is 0 Å². The minimum absolute atomic E-state index is 1.12. The molecule has 1 nitrogen and oxygen atoms in total. The van der Waals surface area contributed by atoms with E-state index in [0.29, 0.717) is 0 Å². The van der Waals surface area contributed by atoms with Gasteiger partial charge >= 0.3 is 0 Å². The van der Waals surface area contributed by atoms with Crippen molar-refractivity contribution in [3.8, 4) is 0 Å². The Bertz CT molecular complexity index is 1000. The average Bonchev–Trinajstić information content (AvgIpc) is 3.44. The average molecular weight is 361 g/mol. The van der Waals surface area contributed by atoms with Crippen molar-refractivity contribution in [1.82, 2.24) is 4.98 Å². The first-order valence-corrected chi connectivity index (χ1v) is 9.68. The van der Waals surface area contributed by atoms with Crippen LogP contribution in [0.15, 0.2) is 103 Å². The van der Waals surface area contributed by atoms with Gasteiger partial charge < -0.3 is 0 Å². The fourth-order valence-electron chi connectivity index (χ4n) is 3.42. The van der Waals surface area contributed by atoms with Crippen molar-refractivity contribution in [2.24, 2.45) is 0 Å². The van der Waals surface area contributed by atoms with Gasteiger partial charge in [0.1, 0.15) is 0 Å². The van der Waals surface area contributed by atoms with E-state index in [-0.39, 0.29) is 0 Å². The monoisotopic (exact) mass is 361 g/mol. The molecule has 0 saturated heterocycles. The third kappa shape index (κ3) is 4.44. The Labute approximate surface area is 166 Å². The fourth-order valence-corrected chi connectivity index (χ4v) is 3.42. The minimum atomic E-state index is 1.12. The van der Waals surface area contributed by atoms with Crippen LogP contribution in [-0.4, -0.2) is 4.98 Å². The molecule has 0 N–H and O–H groups in total. The van der Waals surface area contributed by atoms with Crippen LogP contribution >= 0.6 is 0 Å². The summed E-state index contributed by atoms with van der Waals surface area (Å²) in [5, 5.41) is 2.45. The Hall–Kier alpha value is -3.45. The van der Waals surface area contributed by atoms with Crippen LogP contribution in [0.25, 0.3) is 22.9 Å². The summed E-state index contributed by atoms with van der Waals surface area (Å²) in [6, 6.07) is 27.2. The minimum Gasteiger partial charge on any atom is -0.264 e. The maximum atomic E-state index is 4.01. The van der Waals surface area contributed by atoms with Gasteiger partial charge in [0.15, 0.2) is 0 Å². The highest BCUT2D eigenvalue weighted by atomic mass is 14.6. The quantitative estimate of drug-likeness (QED) is 0.338. The van der Waals surface area contributed by atoms with Crippen LogP contribution in [0.2, 0.25) is 0 Å². The zero-order valence-corrected chi connectivity index (χ0v) is 15.8. The van der Waals surface area contributed by atoms with E-state index in [0.717, 1.165) is 12.8 Å². The summed E-state index contributed by atoms with van der Waals surface area (Å²) in [6.45, 7) is 0. The predicted octanol–water partition coefficient (Wildman–Crippen LogP) is 6.75. The lowest BCUT2D eigenvalue weighted by Gasteiger charge is -1.93. The summed E-state index contributed by atoms with van der Waals surface area (Å²) in [6.07, 6.45) is 14.7. The molecule has 0 aliphatic heterocycles. The van der Waals surface area contributed by atoms with Gasteiger partial charge in [0, 0.05) is 12.4 Å². The highest BCUT2D eigenvalue weighted by molar-refractivity contribution is 5.80. The number of nitrogens with zero attached hydrogens (tertiary/aromatic N) is 1. The van der Waals surface area contributed by atoms with Crippen molar-refractivity contribution in [3.05, 3.63) is 126 Å². The number of rotatable bonds is 0. The van der Waals surface area contributed by atoms with E-state index in [1.165, 1.54) is 33.0 Å². The van der Waals surface area contributed by atoms with Crippen molar-refractivity contribution < 1.29 is 0 Å². The van der Waals surface area contributed by atoms with Gasteiger partial charge in [-0.15, -0.1) is 0 Å². The summed E-state index contributed by atoms with van der Waals surface area (Å²) >= 11 is 0. The molecular formula is C27H23N. The molecule has 0 bridgehead atoms. The molecule has 0 amide bonds. The lowest BCUT2D eigenvalue weighted by Crippen LogP contribution is -1.76. The Morgan fingerprint density at radius 3 is 1.64 bits per heavy atom. The number of hydrogen-bond acceptors (Lipinski definition) is 1. The van der Waals surface area contributed by atoms with E-state index in [2.05, 4.69) is 90.0 Å². The van der Waals surface area contributed by atoms with E-state index < -0.39 is 0 Å². The van der Waals surface area contributed by atoms with E-state index in [4.69, 9.17) is 0 Å². The first-order valence-electron chi connectivity index (χ1n) is 9.68. The van der Waals surface area contributed by atoms with Crippen molar-refractivity contribution >= 4 is 22.9 Å². The van der Waals surface area contributed by atoms with Gasteiger partial charge in [0.2, 0.25) is 0 Å². The molecule has 2 aliphatic carbocycles. The molecule has 1 heteroatoms. The Balaban J connectivity index is 0.000000103. The SMILES string of the molecule is C1=Cc2ccccc2C1.C1=Cc2ccccc2C1.c1ccc2cnccc2c1. The molecular weight excluding hydrogens is 338 g/mol. The second kappa shape index (κ2) is 8.96. The van der Waals surface area contributed by atoms with Crippen LogP contribution in [0.5, 0.6) is 0 Å². The standard InChI is InChI=1S/C9H7N.2C9H8/c1-2-4-9-7-10-6-5-8(9)3-1;2*1-2-5-9-7-3-6-8(9)4-1/h1-7H;2*1-6H,7H2. The molecule has 2 aliphatic rings. The molecule has 3 aromatic carbocycles. The van der Waals surface area contributed by atoms with Gasteiger partial charge in [-0.3, -0.25) is 4.98 Å². The van der Waals surface area contributed by atoms with E-state index in [9.17, 15) is 0 Å². The van der Waals surface area contributed by atoms with Crippen molar-refractivity contribution in [2.75, 3.05) is 0 Å². The topological polar surface area (TPSA) is 12.9 Å². The smallest absolute Gasteiger partial charge is 0.0346 e. The molecule has 1 aromatic heterocycles. The number of aromatic nitrogens is 1. The second-order valence-electron chi connectivity index (χ2n) is 6.83. The summed E-state index contributed by atoms with van der Waals surface area (Å²) in [7, 11) is 0. The number of fused-ring (bicyclic) bond motifs is 3.